The monoisotopic (exact) mass is 824 g/mol. The molecule has 9 heteroatoms. The van der Waals surface area contributed by atoms with Gasteiger partial charge < -0.3 is 19.3 Å². The zero-order valence-electron chi connectivity index (χ0n) is 35.3. The number of carbonyl (C=O) groups excluding carboxylic acids is 2. The highest BCUT2D eigenvalue weighted by Gasteiger charge is 2.30. The summed E-state index contributed by atoms with van der Waals surface area (Å²) in [7, 11) is 0. The largest absolute Gasteiger partial charge is 0.462 e. The number of rotatable bonds is 14. The van der Waals surface area contributed by atoms with Crippen molar-refractivity contribution in [3.63, 3.8) is 0 Å². The van der Waals surface area contributed by atoms with Gasteiger partial charge in [0.05, 0.1) is 13.2 Å². The molecule has 0 unspecified atom stereocenters. The molecule has 0 N–H and O–H groups in total. The Hall–Kier alpha value is -7.10. The van der Waals surface area contributed by atoms with Crippen molar-refractivity contribution in [1.82, 2.24) is 0 Å². The van der Waals surface area contributed by atoms with E-state index in [2.05, 4.69) is 135 Å². The maximum Gasteiger partial charge on any atom is 0.342 e. The van der Waals surface area contributed by atoms with Gasteiger partial charge in [0.2, 0.25) is 0 Å². The number of hydrogen-bond donors (Lipinski definition) is 0. The molecule has 0 aliphatic rings. The second kappa shape index (κ2) is 19.3. The Morgan fingerprint density at radius 1 is 0.443 bits per heavy atom. The maximum absolute atomic E-state index is 13.5. The van der Waals surface area contributed by atoms with Gasteiger partial charge in [-0.25, -0.2) is 19.6 Å². The van der Waals surface area contributed by atoms with Gasteiger partial charge in [0.25, 0.3) is 0 Å². The summed E-state index contributed by atoms with van der Waals surface area (Å²) in [5, 5.41) is 0.585. The minimum atomic E-state index is -0.672. The van der Waals surface area contributed by atoms with Crippen LogP contribution in [0.5, 0.6) is 0 Å². The van der Waals surface area contributed by atoms with E-state index in [0.717, 1.165) is 56.6 Å². The van der Waals surface area contributed by atoms with Crippen LogP contribution in [0.25, 0.3) is 0 Å². The van der Waals surface area contributed by atoms with Crippen molar-refractivity contribution < 1.29 is 19.1 Å². The van der Waals surface area contributed by atoms with Crippen LogP contribution in [0.1, 0.15) is 67.9 Å². The molecule has 0 spiro atoms. The third-order valence-electron chi connectivity index (χ3n) is 9.96. The van der Waals surface area contributed by atoms with Crippen LogP contribution < -0.4 is 9.80 Å². The molecule has 1 aromatic heterocycles. The van der Waals surface area contributed by atoms with E-state index < -0.39 is 11.9 Å². The molecule has 0 atom stereocenters. The lowest BCUT2D eigenvalue weighted by Crippen LogP contribution is -2.12. The van der Waals surface area contributed by atoms with E-state index in [9.17, 15) is 9.59 Å². The van der Waals surface area contributed by atoms with Crippen molar-refractivity contribution in [3.8, 4) is 0 Å². The van der Waals surface area contributed by atoms with Crippen molar-refractivity contribution in [2.24, 2.45) is 9.98 Å². The number of benzene rings is 6. The summed E-state index contributed by atoms with van der Waals surface area (Å²) in [5.74, 6) is -1.34. The van der Waals surface area contributed by atoms with Gasteiger partial charge >= 0.3 is 11.9 Å². The molecule has 0 radical (unpaired) electrons. The molecule has 0 aliphatic heterocycles. The molecule has 0 fully saturated rings. The first-order valence-electron chi connectivity index (χ1n) is 20.3. The Labute approximate surface area is 362 Å². The smallest absolute Gasteiger partial charge is 0.342 e. The Bertz CT molecular complexity index is 2370. The van der Waals surface area contributed by atoms with Crippen molar-refractivity contribution >= 4 is 79.8 Å². The average Bonchev–Trinajstić information content (AvgIpc) is 3.65. The number of ether oxygens (including phenoxy) is 2. The molecule has 7 rings (SSSR count). The number of nitrogens with zero attached hydrogens (tertiary/aromatic N) is 4. The van der Waals surface area contributed by atoms with E-state index in [4.69, 9.17) is 19.5 Å². The van der Waals surface area contributed by atoms with Crippen LogP contribution in [-0.4, -0.2) is 37.6 Å². The summed E-state index contributed by atoms with van der Waals surface area (Å²) in [4.78, 5) is 41.0. The number of thiophene rings is 1. The predicted octanol–water partition coefficient (Wildman–Crippen LogP) is 13.8. The summed E-state index contributed by atoms with van der Waals surface area (Å²) in [5.41, 5.74) is 12.5. The maximum atomic E-state index is 13.5. The van der Waals surface area contributed by atoms with Crippen molar-refractivity contribution in [1.29, 1.82) is 0 Å². The topological polar surface area (TPSA) is 83.8 Å². The standard InChI is InChI=1S/C52H48N4O4S/c1-7-59-51(57)47-48(52(58)60-8-2)50(54-34-40-19-31-46(32-20-40)56(43-25-13-37(5)14-26-43)44-27-15-38(6)16-28-44)61-49(47)53-33-39-17-29-45(30-18-39)55(41-21-9-35(3)10-22-41)42-23-11-36(4)12-24-42/h9-34H,7-8H2,1-6H3/b53-33+,54-34+. The zero-order valence-corrected chi connectivity index (χ0v) is 36.1. The fraction of sp³-hybridized carbons (Fsp3) is 0.154. The van der Waals surface area contributed by atoms with E-state index in [-0.39, 0.29) is 24.3 Å². The second-order valence-electron chi connectivity index (χ2n) is 14.6. The molecule has 306 valence electrons. The van der Waals surface area contributed by atoms with E-state index in [1.54, 1.807) is 26.3 Å². The minimum Gasteiger partial charge on any atom is -0.462 e. The molecule has 1 heterocycles. The van der Waals surface area contributed by atoms with E-state index in [0.29, 0.717) is 10.0 Å². The van der Waals surface area contributed by atoms with Crippen LogP contribution in [0.15, 0.2) is 156 Å². The van der Waals surface area contributed by atoms with Gasteiger partial charge in [0.1, 0.15) is 21.1 Å². The fourth-order valence-electron chi connectivity index (χ4n) is 6.73. The molecule has 0 bridgehead atoms. The molecule has 8 nitrogen and oxygen atoms in total. The van der Waals surface area contributed by atoms with E-state index in [1.807, 2.05) is 48.5 Å². The first-order chi connectivity index (χ1) is 29.6. The zero-order chi connectivity index (χ0) is 42.9. The van der Waals surface area contributed by atoms with Crippen molar-refractivity contribution in [3.05, 3.63) is 190 Å². The van der Waals surface area contributed by atoms with Crippen molar-refractivity contribution in [2.75, 3.05) is 23.0 Å². The van der Waals surface area contributed by atoms with Gasteiger partial charge in [-0.3, -0.25) is 0 Å². The Morgan fingerprint density at radius 3 is 0.934 bits per heavy atom. The molecule has 0 amide bonds. The van der Waals surface area contributed by atoms with Gasteiger partial charge in [-0.05, 0) is 125 Å². The second-order valence-corrected chi connectivity index (χ2v) is 15.6. The van der Waals surface area contributed by atoms with Crippen LogP contribution in [0.2, 0.25) is 0 Å². The highest BCUT2D eigenvalue weighted by molar-refractivity contribution is 7.20. The highest BCUT2D eigenvalue weighted by atomic mass is 32.1. The number of esters is 2. The SMILES string of the molecule is CCOC(=O)c1c(/N=C/c2ccc(N(c3ccc(C)cc3)c3ccc(C)cc3)cc2)sc(/N=C/c2ccc(N(c3ccc(C)cc3)c3ccc(C)cc3)cc2)c1C(=O)OCC. The lowest BCUT2D eigenvalue weighted by molar-refractivity contribution is 0.0481. The molecule has 0 saturated carbocycles. The average molecular weight is 825 g/mol. The molecular weight excluding hydrogens is 777 g/mol. The lowest BCUT2D eigenvalue weighted by atomic mass is 10.1. The third-order valence-corrected chi connectivity index (χ3v) is 11.0. The normalized spacial score (nSPS) is 11.2. The van der Waals surface area contributed by atoms with Gasteiger partial charge in [-0.1, -0.05) is 106 Å². The molecule has 7 aromatic rings. The first-order valence-corrected chi connectivity index (χ1v) is 21.1. The number of aliphatic imine (C=N–C) groups is 2. The molecule has 0 saturated heterocycles. The Morgan fingerprint density at radius 2 is 0.689 bits per heavy atom. The van der Waals surface area contributed by atoms with Crippen LogP contribution in [0.4, 0.5) is 44.1 Å². The highest BCUT2D eigenvalue weighted by Crippen LogP contribution is 2.43. The van der Waals surface area contributed by atoms with E-state index in [1.165, 1.54) is 22.3 Å². The number of aryl methyl sites for hydroxylation is 4. The Kier molecular flexibility index (Phi) is 13.3. The summed E-state index contributed by atoms with van der Waals surface area (Å²) >= 11 is 1.13. The Balaban J connectivity index is 1.20. The minimum absolute atomic E-state index is 0.0254. The van der Waals surface area contributed by atoms with Gasteiger partial charge in [-0.2, -0.15) is 0 Å². The summed E-state index contributed by atoms with van der Waals surface area (Å²) in [6.45, 7) is 12.0. The summed E-state index contributed by atoms with van der Waals surface area (Å²) in [6, 6.07) is 49.8. The quantitative estimate of drug-likeness (QED) is 0.0802. The molecule has 0 aliphatic carbocycles. The molecular formula is C52H48N4O4S. The summed E-state index contributed by atoms with van der Waals surface area (Å²) < 4.78 is 10.9. The number of hydrogen-bond acceptors (Lipinski definition) is 9. The lowest BCUT2D eigenvalue weighted by Gasteiger charge is -2.25. The van der Waals surface area contributed by atoms with Crippen LogP contribution in [0, 0.1) is 27.7 Å². The van der Waals surface area contributed by atoms with Crippen LogP contribution in [-0.2, 0) is 9.47 Å². The van der Waals surface area contributed by atoms with Gasteiger partial charge in [0, 0.05) is 46.6 Å². The third kappa shape index (κ3) is 10.0. The number of anilines is 6. The summed E-state index contributed by atoms with van der Waals surface area (Å²) in [6.07, 6.45) is 3.35. The van der Waals surface area contributed by atoms with Crippen molar-refractivity contribution in [2.45, 2.75) is 41.5 Å². The molecule has 61 heavy (non-hydrogen) atoms. The van der Waals surface area contributed by atoms with E-state index >= 15 is 0 Å². The predicted molar refractivity (Wildman–Crippen MR) is 252 cm³/mol. The fourth-order valence-corrected chi connectivity index (χ4v) is 7.70. The number of carbonyl (C=O) groups is 2. The van der Waals surface area contributed by atoms with Crippen LogP contribution in [0.3, 0.4) is 0 Å². The molecule has 6 aromatic carbocycles. The van der Waals surface area contributed by atoms with Gasteiger partial charge in [0.15, 0.2) is 0 Å². The first kappa shape index (κ1) is 42.0. The van der Waals surface area contributed by atoms with Crippen LogP contribution >= 0.6 is 11.3 Å². The van der Waals surface area contributed by atoms with Gasteiger partial charge in [-0.15, -0.1) is 0 Å².